The van der Waals surface area contributed by atoms with E-state index >= 15 is 0 Å². The van der Waals surface area contributed by atoms with Crippen LogP contribution in [0.1, 0.15) is 5.56 Å². The molecule has 0 atom stereocenters. The Morgan fingerprint density at radius 1 is 0.941 bits per heavy atom. The van der Waals surface area contributed by atoms with Crippen LogP contribution in [0.4, 0.5) is 5.69 Å². The Bertz CT molecular complexity index is 553. The first-order valence-electron chi connectivity index (χ1n) is 5.47. The van der Waals surface area contributed by atoms with E-state index in [9.17, 15) is 0 Å². The maximum atomic E-state index is 5.66. The van der Waals surface area contributed by atoms with Gasteiger partial charge in [0.05, 0.1) is 6.54 Å². The zero-order valence-electron chi connectivity index (χ0n) is 9.17. The minimum atomic E-state index is 0.509. The van der Waals surface area contributed by atoms with Crippen LogP contribution in [0, 0.1) is 0 Å². The number of benzene rings is 2. The quantitative estimate of drug-likeness (QED) is 0.710. The topological polar surface area (TPSA) is 12.5 Å². The molecule has 3 heteroatoms. The Morgan fingerprint density at radius 2 is 1.65 bits per heavy atom. The minimum Gasteiger partial charge on any atom is -0.431 e. The zero-order chi connectivity index (χ0) is 11.7. The number of hydrogen-bond acceptors (Lipinski definition) is 2. The van der Waals surface area contributed by atoms with Gasteiger partial charge in [0.25, 0.3) is 5.17 Å². The van der Waals surface area contributed by atoms with Crippen LogP contribution in [0.5, 0.6) is 5.75 Å². The predicted molar refractivity (Wildman–Crippen MR) is 72.3 cm³/mol. The highest BCUT2D eigenvalue weighted by Crippen LogP contribution is 2.28. The first-order chi connectivity index (χ1) is 8.34. The van der Waals surface area contributed by atoms with Crippen molar-refractivity contribution < 1.29 is 4.74 Å². The van der Waals surface area contributed by atoms with Crippen LogP contribution in [0.15, 0.2) is 54.6 Å². The highest BCUT2D eigenvalue weighted by atomic mass is 32.1. The number of thiocarbonyl (C=S) groups is 1. The lowest BCUT2D eigenvalue weighted by Crippen LogP contribution is -2.36. The molecule has 2 nitrogen and oxygen atoms in total. The van der Waals surface area contributed by atoms with Crippen molar-refractivity contribution in [2.24, 2.45) is 0 Å². The van der Waals surface area contributed by atoms with Gasteiger partial charge in [-0.3, -0.25) is 4.90 Å². The van der Waals surface area contributed by atoms with Gasteiger partial charge in [-0.05, 0) is 30.4 Å². The fourth-order valence-corrected chi connectivity index (χ4v) is 2.18. The number of hydrogen-bond donors (Lipinski definition) is 0. The molecule has 1 aliphatic rings. The van der Waals surface area contributed by atoms with E-state index in [-0.39, 0.29) is 0 Å². The molecule has 0 aliphatic carbocycles. The molecule has 0 spiro atoms. The summed E-state index contributed by atoms with van der Waals surface area (Å²) in [7, 11) is 0. The van der Waals surface area contributed by atoms with Crippen molar-refractivity contribution in [1.29, 1.82) is 0 Å². The van der Waals surface area contributed by atoms with Crippen molar-refractivity contribution in [1.82, 2.24) is 0 Å². The average molecular weight is 241 g/mol. The standard InChI is InChI=1S/C14H11NOS/c17-14-15(12-7-2-1-3-8-12)10-11-6-4-5-9-13(11)16-14/h1-9H,10H2. The molecule has 84 valence electrons. The number of rotatable bonds is 1. The van der Waals surface area contributed by atoms with Crippen molar-refractivity contribution in [2.45, 2.75) is 6.54 Å². The fourth-order valence-electron chi connectivity index (χ4n) is 1.92. The SMILES string of the molecule is S=C1Oc2ccccc2CN1c1ccccc1. The van der Waals surface area contributed by atoms with Crippen LogP contribution in [0.2, 0.25) is 0 Å². The molecular weight excluding hydrogens is 230 g/mol. The second kappa shape index (κ2) is 4.18. The van der Waals surface area contributed by atoms with Gasteiger partial charge in [0, 0.05) is 11.3 Å². The molecule has 0 fully saturated rings. The molecule has 3 rings (SSSR count). The van der Waals surface area contributed by atoms with E-state index < -0.39 is 0 Å². The predicted octanol–water partition coefficient (Wildman–Crippen LogP) is 3.37. The molecule has 0 amide bonds. The van der Waals surface area contributed by atoms with Crippen molar-refractivity contribution in [3.05, 3.63) is 60.2 Å². The number of para-hydroxylation sites is 2. The summed E-state index contributed by atoms with van der Waals surface area (Å²) in [6.45, 7) is 0.763. The highest BCUT2D eigenvalue weighted by Gasteiger charge is 2.22. The maximum absolute atomic E-state index is 5.66. The molecule has 1 aliphatic heterocycles. The first-order valence-corrected chi connectivity index (χ1v) is 5.88. The molecule has 0 N–H and O–H groups in total. The summed E-state index contributed by atoms with van der Waals surface area (Å²) >= 11 is 5.29. The highest BCUT2D eigenvalue weighted by molar-refractivity contribution is 7.80. The lowest BCUT2D eigenvalue weighted by molar-refractivity contribution is 0.518. The van der Waals surface area contributed by atoms with Gasteiger partial charge >= 0.3 is 0 Å². The molecule has 0 aromatic heterocycles. The van der Waals surface area contributed by atoms with Gasteiger partial charge in [-0.2, -0.15) is 0 Å². The smallest absolute Gasteiger partial charge is 0.269 e. The molecule has 0 radical (unpaired) electrons. The van der Waals surface area contributed by atoms with Crippen LogP contribution in [0.25, 0.3) is 0 Å². The van der Waals surface area contributed by atoms with Gasteiger partial charge in [0.15, 0.2) is 0 Å². The fraction of sp³-hybridized carbons (Fsp3) is 0.0714. The van der Waals surface area contributed by atoms with Crippen LogP contribution >= 0.6 is 12.2 Å². The molecule has 0 saturated carbocycles. The Labute approximate surface area is 105 Å². The van der Waals surface area contributed by atoms with Crippen molar-refractivity contribution in [3.8, 4) is 5.75 Å². The molecule has 17 heavy (non-hydrogen) atoms. The van der Waals surface area contributed by atoms with Gasteiger partial charge in [0.1, 0.15) is 5.75 Å². The molecule has 2 aromatic carbocycles. The van der Waals surface area contributed by atoms with Gasteiger partial charge in [-0.1, -0.05) is 36.4 Å². The van der Waals surface area contributed by atoms with Crippen LogP contribution in [-0.2, 0) is 6.54 Å². The Morgan fingerprint density at radius 3 is 2.47 bits per heavy atom. The third-order valence-corrected chi connectivity index (χ3v) is 3.09. The van der Waals surface area contributed by atoms with Crippen molar-refractivity contribution in [3.63, 3.8) is 0 Å². The van der Waals surface area contributed by atoms with E-state index in [1.807, 2.05) is 53.4 Å². The summed E-state index contributed by atoms with van der Waals surface area (Å²) in [6, 6.07) is 18.0. The second-order valence-electron chi connectivity index (χ2n) is 3.90. The summed E-state index contributed by atoms with van der Waals surface area (Å²) in [5.41, 5.74) is 2.22. The summed E-state index contributed by atoms with van der Waals surface area (Å²) < 4.78 is 5.66. The van der Waals surface area contributed by atoms with Crippen LogP contribution < -0.4 is 9.64 Å². The largest absolute Gasteiger partial charge is 0.431 e. The number of fused-ring (bicyclic) bond motifs is 1. The normalized spacial score (nSPS) is 14.1. The third kappa shape index (κ3) is 1.89. The van der Waals surface area contributed by atoms with E-state index in [0.717, 1.165) is 23.5 Å². The summed E-state index contributed by atoms with van der Waals surface area (Å²) in [5, 5.41) is 0.509. The van der Waals surface area contributed by atoms with E-state index in [4.69, 9.17) is 17.0 Å². The van der Waals surface area contributed by atoms with E-state index in [1.165, 1.54) is 0 Å². The monoisotopic (exact) mass is 241 g/mol. The van der Waals surface area contributed by atoms with E-state index in [0.29, 0.717) is 5.17 Å². The molecule has 1 heterocycles. The summed E-state index contributed by atoms with van der Waals surface area (Å²) in [4.78, 5) is 2.00. The van der Waals surface area contributed by atoms with Gasteiger partial charge in [-0.15, -0.1) is 0 Å². The molecule has 0 saturated heterocycles. The molecule has 2 aromatic rings. The summed E-state index contributed by atoms with van der Waals surface area (Å²) in [6.07, 6.45) is 0. The van der Waals surface area contributed by atoms with Gasteiger partial charge in [-0.25, -0.2) is 0 Å². The van der Waals surface area contributed by atoms with Crippen LogP contribution in [0.3, 0.4) is 0 Å². The van der Waals surface area contributed by atoms with Crippen molar-refractivity contribution in [2.75, 3.05) is 4.90 Å². The zero-order valence-corrected chi connectivity index (χ0v) is 9.98. The van der Waals surface area contributed by atoms with Crippen LogP contribution in [-0.4, -0.2) is 5.17 Å². The Balaban J connectivity index is 1.98. The van der Waals surface area contributed by atoms with Crippen molar-refractivity contribution >= 4 is 23.1 Å². The minimum absolute atomic E-state index is 0.509. The molecule has 0 unspecified atom stereocenters. The number of anilines is 1. The maximum Gasteiger partial charge on any atom is 0.269 e. The second-order valence-corrected chi connectivity index (χ2v) is 4.25. The number of ether oxygens (including phenoxy) is 1. The Kier molecular flexibility index (Phi) is 2.53. The third-order valence-electron chi connectivity index (χ3n) is 2.79. The lowest BCUT2D eigenvalue weighted by Gasteiger charge is -2.30. The summed E-state index contributed by atoms with van der Waals surface area (Å²) in [5.74, 6) is 0.865. The number of nitrogens with zero attached hydrogens (tertiary/aromatic N) is 1. The molecular formula is C14H11NOS. The van der Waals surface area contributed by atoms with Gasteiger partial charge in [0.2, 0.25) is 0 Å². The van der Waals surface area contributed by atoms with E-state index in [2.05, 4.69) is 6.07 Å². The van der Waals surface area contributed by atoms with E-state index in [1.54, 1.807) is 0 Å². The lowest BCUT2D eigenvalue weighted by atomic mass is 10.1. The molecule has 0 bridgehead atoms. The first kappa shape index (κ1) is 10.3. The average Bonchev–Trinajstić information content (AvgIpc) is 2.39. The Hall–Kier alpha value is -1.87. The van der Waals surface area contributed by atoms with Gasteiger partial charge < -0.3 is 4.74 Å².